The van der Waals surface area contributed by atoms with E-state index in [2.05, 4.69) is 5.32 Å². The van der Waals surface area contributed by atoms with Crippen LogP contribution in [0.25, 0.3) is 17.4 Å². The number of para-hydroxylation sites is 1. The fourth-order valence-electron chi connectivity index (χ4n) is 4.82. The van der Waals surface area contributed by atoms with Crippen LogP contribution in [0, 0.1) is 6.92 Å². The fourth-order valence-corrected chi connectivity index (χ4v) is 6.04. The van der Waals surface area contributed by atoms with Crippen LogP contribution in [-0.2, 0) is 4.79 Å². The zero-order valence-electron chi connectivity index (χ0n) is 21.7. The molecule has 0 fully saturated rings. The van der Waals surface area contributed by atoms with Crippen molar-refractivity contribution in [2.24, 2.45) is 4.99 Å². The lowest BCUT2D eigenvalue weighted by Gasteiger charge is -2.25. The van der Waals surface area contributed by atoms with Gasteiger partial charge in [-0.2, -0.15) is 0 Å². The van der Waals surface area contributed by atoms with Gasteiger partial charge in [-0.25, -0.2) is 4.99 Å². The molecule has 3 aromatic carbocycles. The Morgan fingerprint density at radius 1 is 1.00 bits per heavy atom. The molecule has 0 spiro atoms. The molecule has 198 valence electrons. The van der Waals surface area contributed by atoms with Crippen molar-refractivity contribution >= 4 is 40.6 Å². The minimum atomic E-state index is -0.637. The third-order valence-corrected chi connectivity index (χ3v) is 8.00. The highest BCUT2D eigenvalue weighted by molar-refractivity contribution is 7.07. The van der Waals surface area contributed by atoms with Crippen molar-refractivity contribution < 1.29 is 9.21 Å². The Morgan fingerprint density at radius 3 is 2.55 bits per heavy atom. The zero-order valence-corrected chi connectivity index (χ0v) is 23.3. The number of carbonyl (C=O) groups excluding carboxylic acids is 1. The van der Waals surface area contributed by atoms with Crippen molar-refractivity contribution in [1.82, 2.24) is 4.57 Å². The molecule has 5 aromatic rings. The van der Waals surface area contributed by atoms with Crippen molar-refractivity contribution in [1.29, 1.82) is 0 Å². The van der Waals surface area contributed by atoms with E-state index in [1.54, 1.807) is 16.7 Å². The minimum absolute atomic E-state index is 0.244. The van der Waals surface area contributed by atoms with E-state index in [4.69, 9.17) is 21.0 Å². The molecule has 1 atom stereocenters. The molecule has 1 amide bonds. The van der Waals surface area contributed by atoms with Crippen LogP contribution in [0.1, 0.15) is 29.9 Å². The van der Waals surface area contributed by atoms with Gasteiger partial charge in [0.15, 0.2) is 4.80 Å². The van der Waals surface area contributed by atoms with E-state index in [1.165, 1.54) is 11.3 Å². The van der Waals surface area contributed by atoms with Gasteiger partial charge < -0.3 is 9.73 Å². The SMILES string of the molecule is CC1=C(C(=O)Nc2ccccc2C)[C@@H](c2ccccc2)n2c(sc(=Cc3ccc(-c4cccc(Cl)c4)o3)c2=O)=N1. The number of rotatable bonds is 5. The Labute approximate surface area is 239 Å². The maximum absolute atomic E-state index is 13.9. The van der Waals surface area contributed by atoms with Crippen molar-refractivity contribution in [3.8, 4) is 11.3 Å². The average molecular weight is 566 g/mol. The maximum Gasteiger partial charge on any atom is 0.271 e. The number of anilines is 1. The van der Waals surface area contributed by atoms with E-state index in [-0.39, 0.29) is 11.5 Å². The monoisotopic (exact) mass is 565 g/mol. The van der Waals surface area contributed by atoms with E-state index in [1.807, 2.05) is 98.8 Å². The Hall–Kier alpha value is -4.46. The summed E-state index contributed by atoms with van der Waals surface area (Å²) in [5.74, 6) is 0.885. The topological polar surface area (TPSA) is 76.6 Å². The third-order valence-electron chi connectivity index (χ3n) is 6.78. The average Bonchev–Trinajstić information content (AvgIpc) is 3.54. The van der Waals surface area contributed by atoms with Gasteiger partial charge in [0.2, 0.25) is 0 Å². The summed E-state index contributed by atoms with van der Waals surface area (Å²) in [6.07, 6.45) is 1.71. The molecular formula is C32H24ClN3O3S. The highest BCUT2D eigenvalue weighted by Crippen LogP contribution is 2.31. The van der Waals surface area contributed by atoms with Gasteiger partial charge in [0.1, 0.15) is 11.5 Å². The van der Waals surface area contributed by atoms with E-state index in [0.717, 1.165) is 16.7 Å². The quantitative estimate of drug-likeness (QED) is 0.280. The van der Waals surface area contributed by atoms with Gasteiger partial charge in [-0.3, -0.25) is 14.2 Å². The van der Waals surface area contributed by atoms with Gasteiger partial charge in [-0.05, 0) is 55.3 Å². The summed E-state index contributed by atoms with van der Waals surface area (Å²) in [5.41, 5.74) is 4.07. The van der Waals surface area contributed by atoms with Crippen LogP contribution in [0.5, 0.6) is 0 Å². The Morgan fingerprint density at radius 2 is 1.77 bits per heavy atom. The van der Waals surface area contributed by atoms with Gasteiger partial charge in [-0.15, -0.1) is 0 Å². The number of benzene rings is 3. The van der Waals surface area contributed by atoms with E-state index in [9.17, 15) is 9.59 Å². The molecule has 3 heterocycles. The number of nitrogens with zero attached hydrogens (tertiary/aromatic N) is 2. The second-order valence-electron chi connectivity index (χ2n) is 9.47. The Balaban J connectivity index is 1.44. The van der Waals surface area contributed by atoms with Crippen LogP contribution in [-0.4, -0.2) is 10.5 Å². The van der Waals surface area contributed by atoms with Crippen molar-refractivity contribution in [2.45, 2.75) is 19.9 Å². The number of aryl methyl sites for hydroxylation is 1. The van der Waals surface area contributed by atoms with Crippen LogP contribution < -0.4 is 20.2 Å². The first kappa shape index (κ1) is 25.8. The number of aromatic nitrogens is 1. The van der Waals surface area contributed by atoms with E-state index < -0.39 is 6.04 Å². The van der Waals surface area contributed by atoms with Crippen molar-refractivity contribution in [3.63, 3.8) is 0 Å². The fraction of sp³-hybridized carbons (Fsp3) is 0.0938. The molecule has 0 bridgehead atoms. The molecule has 1 N–H and O–H groups in total. The largest absolute Gasteiger partial charge is 0.457 e. The molecule has 40 heavy (non-hydrogen) atoms. The molecule has 0 radical (unpaired) electrons. The number of hydrogen-bond donors (Lipinski definition) is 1. The molecule has 2 aromatic heterocycles. The van der Waals surface area contributed by atoms with Crippen LogP contribution in [0.3, 0.4) is 0 Å². The number of halogens is 1. The van der Waals surface area contributed by atoms with E-state index >= 15 is 0 Å². The van der Waals surface area contributed by atoms with Crippen LogP contribution in [0.4, 0.5) is 5.69 Å². The Bertz CT molecular complexity index is 1970. The second-order valence-corrected chi connectivity index (χ2v) is 10.9. The first-order valence-corrected chi connectivity index (χ1v) is 13.9. The molecule has 0 unspecified atom stereocenters. The van der Waals surface area contributed by atoms with Gasteiger partial charge in [0, 0.05) is 22.3 Å². The highest BCUT2D eigenvalue weighted by atomic mass is 35.5. The number of allylic oxidation sites excluding steroid dienone is 1. The number of hydrogen-bond acceptors (Lipinski definition) is 5. The number of nitrogens with one attached hydrogen (secondary N) is 1. The number of furan rings is 1. The van der Waals surface area contributed by atoms with Gasteiger partial charge in [0.25, 0.3) is 11.5 Å². The summed E-state index contributed by atoms with van der Waals surface area (Å²) < 4.78 is 8.09. The first-order valence-electron chi connectivity index (χ1n) is 12.7. The normalized spacial score (nSPS) is 15.1. The summed E-state index contributed by atoms with van der Waals surface area (Å²) in [6.45, 7) is 3.75. The molecule has 0 saturated heterocycles. The lowest BCUT2D eigenvalue weighted by atomic mass is 9.95. The number of thiazole rings is 1. The number of fused-ring (bicyclic) bond motifs is 1. The molecule has 8 heteroatoms. The lowest BCUT2D eigenvalue weighted by Crippen LogP contribution is -2.40. The summed E-state index contributed by atoms with van der Waals surface area (Å²) in [6, 6.07) is 27.6. The van der Waals surface area contributed by atoms with Crippen LogP contribution >= 0.6 is 22.9 Å². The minimum Gasteiger partial charge on any atom is -0.457 e. The molecule has 6 rings (SSSR count). The van der Waals surface area contributed by atoms with Crippen molar-refractivity contribution in [2.75, 3.05) is 5.32 Å². The Kier molecular flexibility index (Phi) is 6.84. The summed E-state index contributed by atoms with van der Waals surface area (Å²) >= 11 is 7.41. The predicted molar refractivity (Wildman–Crippen MR) is 159 cm³/mol. The van der Waals surface area contributed by atoms with Crippen LogP contribution in [0.2, 0.25) is 5.02 Å². The van der Waals surface area contributed by atoms with Crippen LogP contribution in [0.15, 0.2) is 116 Å². The van der Waals surface area contributed by atoms with Gasteiger partial charge in [0.05, 0.1) is 21.8 Å². The molecule has 1 aliphatic heterocycles. The zero-order chi connectivity index (χ0) is 27.8. The molecular weight excluding hydrogens is 542 g/mol. The third kappa shape index (κ3) is 4.85. The lowest BCUT2D eigenvalue weighted by molar-refractivity contribution is -0.113. The first-order chi connectivity index (χ1) is 19.4. The molecule has 1 aliphatic rings. The molecule has 0 saturated carbocycles. The maximum atomic E-state index is 13.9. The molecule has 0 aliphatic carbocycles. The second kappa shape index (κ2) is 10.6. The standard InChI is InChI=1S/C32H24ClN3O3S/c1-19-9-6-7-14-25(19)35-30(37)28-20(2)34-32-36(29(28)21-10-4-3-5-11-21)31(38)27(40-32)18-24-15-16-26(39-24)22-12-8-13-23(33)17-22/h3-18,29H,1-2H3,(H,35,37)/t29-/m1/s1. The number of carbonyl (C=O) groups is 1. The number of amides is 1. The van der Waals surface area contributed by atoms with Crippen molar-refractivity contribution in [3.05, 3.63) is 144 Å². The molecule has 6 nitrogen and oxygen atoms in total. The summed E-state index contributed by atoms with van der Waals surface area (Å²) in [5, 5.41) is 3.64. The highest BCUT2D eigenvalue weighted by Gasteiger charge is 2.32. The summed E-state index contributed by atoms with van der Waals surface area (Å²) in [7, 11) is 0. The smallest absolute Gasteiger partial charge is 0.271 e. The van der Waals surface area contributed by atoms with Gasteiger partial charge in [-0.1, -0.05) is 83.6 Å². The predicted octanol–water partition coefficient (Wildman–Crippen LogP) is 6.10. The van der Waals surface area contributed by atoms with Gasteiger partial charge >= 0.3 is 0 Å². The van der Waals surface area contributed by atoms with E-state index in [0.29, 0.717) is 42.8 Å². The summed E-state index contributed by atoms with van der Waals surface area (Å²) in [4.78, 5) is 32.8.